The molecule has 1 aromatic heterocycles. The van der Waals surface area contributed by atoms with Crippen LogP contribution in [-0.2, 0) is 0 Å². The lowest BCUT2D eigenvalue weighted by Gasteiger charge is -2.12. The van der Waals surface area contributed by atoms with Crippen molar-refractivity contribution in [2.24, 2.45) is 0 Å². The number of rotatable bonds is 1. The molecule has 0 spiro atoms. The molecule has 0 aliphatic carbocycles. The highest BCUT2D eigenvalue weighted by molar-refractivity contribution is 6.83. The van der Waals surface area contributed by atoms with Gasteiger partial charge in [0.25, 0.3) is 0 Å². The summed E-state index contributed by atoms with van der Waals surface area (Å²) in [5.74, 6) is 4.01. The van der Waals surface area contributed by atoms with Gasteiger partial charge in [-0.05, 0) is 18.5 Å². The molecule has 0 saturated carbocycles. The van der Waals surface area contributed by atoms with Gasteiger partial charge >= 0.3 is 0 Å². The van der Waals surface area contributed by atoms with Crippen molar-refractivity contribution in [3.05, 3.63) is 29.9 Å². The zero-order valence-corrected chi connectivity index (χ0v) is 12.2. The van der Waals surface area contributed by atoms with E-state index in [9.17, 15) is 0 Å². The first kappa shape index (κ1) is 13.0. The van der Waals surface area contributed by atoms with Crippen molar-refractivity contribution in [1.29, 1.82) is 0 Å². The molecule has 3 nitrogen and oxygen atoms in total. The fourth-order valence-corrected chi connectivity index (χ4v) is 2.16. The third kappa shape index (κ3) is 3.79. The van der Waals surface area contributed by atoms with Crippen molar-refractivity contribution in [2.45, 2.75) is 26.1 Å². The van der Waals surface area contributed by atoms with E-state index in [-0.39, 0.29) is 0 Å². The average Bonchev–Trinajstić information content (AvgIpc) is 2.37. The summed E-state index contributed by atoms with van der Waals surface area (Å²) in [4.78, 5) is 8.82. The highest BCUT2D eigenvalue weighted by atomic mass is 28.3. The van der Waals surface area contributed by atoms with Gasteiger partial charge in [-0.2, -0.15) is 0 Å². The molecule has 2 heterocycles. The molecule has 94 valence electrons. The monoisotopic (exact) mass is 257 g/mol. The van der Waals surface area contributed by atoms with Gasteiger partial charge in [0.1, 0.15) is 8.07 Å². The van der Waals surface area contributed by atoms with Gasteiger partial charge in [0.05, 0.1) is 5.56 Å². The van der Waals surface area contributed by atoms with Crippen LogP contribution in [0.15, 0.2) is 18.5 Å². The molecule has 1 aromatic rings. The highest BCUT2D eigenvalue weighted by Gasteiger charge is 2.09. The summed E-state index contributed by atoms with van der Waals surface area (Å²) in [6, 6.07) is 0. The Balaban J connectivity index is 2.14. The van der Waals surface area contributed by atoms with Crippen molar-refractivity contribution in [3.63, 3.8) is 0 Å². The maximum absolute atomic E-state index is 4.41. The van der Waals surface area contributed by atoms with E-state index in [2.05, 4.69) is 52.5 Å². The van der Waals surface area contributed by atoms with Crippen LogP contribution in [0.3, 0.4) is 0 Å². The minimum atomic E-state index is -1.32. The smallest absolute Gasteiger partial charge is 0.154 e. The van der Waals surface area contributed by atoms with E-state index >= 15 is 0 Å². The lowest BCUT2D eigenvalue weighted by atomic mass is 10.1. The normalized spacial score (nSPS) is 15.6. The van der Waals surface area contributed by atoms with Crippen molar-refractivity contribution in [1.82, 2.24) is 15.3 Å². The fraction of sp³-hybridized carbons (Fsp3) is 0.429. The number of hydrogen-bond acceptors (Lipinski definition) is 3. The standard InChI is InChI=1S/C14H19N3Si/c1-18(2,3)9-6-12-10-16-14(17-11-12)13-4-7-15-8-5-13/h4,10-11,15H,5,7-8H2,1-3H3. The van der Waals surface area contributed by atoms with E-state index in [1.165, 1.54) is 5.57 Å². The molecule has 1 aliphatic rings. The third-order valence-electron chi connectivity index (χ3n) is 2.58. The summed E-state index contributed by atoms with van der Waals surface area (Å²) < 4.78 is 0. The van der Waals surface area contributed by atoms with Crippen LogP contribution in [0.25, 0.3) is 5.57 Å². The number of nitrogens with zero attached hydrogens (tertiary/aromatic N) is 2. The van der Waals surface area contributed by atoms with E-state index in [1.54, 1.807) is 0 Å². The predicted molar refractivity (Wildman–Crippen MR) is 77.7 cm³/mol. The van der Waals surface area contributed by atoms with Crippen molar-refractivity contribution in [3.8, 4) is 11.5 Å². The molecule has 0 atom stereocenters. The summed E-state index contributed by atoms with van der Waals surface area (Å²) in [7, 11) is -1.32. The van der Waals surface area contributed by atoms with Crippen LogP contribution >= 0.6 is 0 Å². The summed E-state index contributed by atoms with van der Waals surface area (Å²) in [5, 5.41) is 3.28. The summed E-state index contributed by atoms with van der Waals surface area (Å²) in [6.07, 6.45) is 6.82. The second kappa shape index (κ2) is 5.47. The summed E-state index contributed by atoms with van der Waals surface area (Å²) >= 11 is 0. The molecule has 1 N–H and O–H groups in total. The molecule has 0 radical (unpaired) electrons. The van der Waals surface area contributed by atoms with Gasteiger partial charge in [-0.25, -0.2) is 9.97 Å². The molecule has 0 aromatic carbocycles. The lowest BCUT2D eigenvalue weighted by Crippen LogP contribution is -2.20. The Morgan fingerprint density at radius 3 is 2.50 bits per heavy atom. The van der Waals surface area contributed by atoms with Crippen LogP contribution in [0.5, 0.6) is 0 Å². The fourth-order valence-electron chi connectivity index (χ4n) is 1.64. The zero-order valence-electron chi connectivity index (χ0n) is 11.2. The first-order chi connectivity index (χ1) is 8.54. The molecule has 4 heteroatoms. The highest BCUT2D eigenvalue weighted by Crippen LogP contribution is 2.14. The minimum Gasteiger partial charge on any atom is -0.313 e. The number of aromatic nitrogens is 2. The molecule has 2 rings (SSSR count). The average molecular weight is 257 g/mol. The molecule has 0 amide bonds. The first-order valence-electron chi connectivity index (χ1n) is 6.30. The molecular formula is C14H19N3Si. The second-order valence-electron chi connectivity index (χ2n) is 5.48. The largest absolute Gasteiger partial charge is 0.313 e. The van der Waals surface area contributed by atoms with Gasteiger partial charge in [0.15, 0.2) is 5.82 Å². The zero-order chi connectivity index (χ0) is 13.0. The lowest BCUT2D eigenvalue weighted by molar-refractivity contribution is 0.734. The van der Waals surface area contributed by atoms with Gasteiger partial charge in [-0.15, -0.1) is 5.54 Å². The molecule has 18 heavy (non-hydrogen) atoms. The third-order valence-corrected chi connectivity index (χ3v) is 3.46. The Morgan fingerprint density at radius 2 is 1.94 bits per heavy atom. The number of nitrogens with one attached hydrogen (secondary N) is 1. The van der Waals surface area contributed by atoms with Crippen LogP contribution in [0.2, 0.25) is 19.6 Å². The quantitative estimate of drug-likeness (QED) is 0.618. The molecule has 1 aliphatic heterocycles. The first-order valence-corrected chi connectivity index (χ1v) is 9.80. The Labute approximate surface area is 110 Å². The van der Waals surface area contributed by atoms with Gasteiger partial charge < -0.3 is 5.32 Å². The molecular weight excluding hydrogens is 238 g/mol. The minimum absolute atomic E-state index is 0.843. The van der Waals surface area contributed by atoms with Crippen LogP contribution < -0.4 is 5.32 Å². The predicted octanol–water partition coefficient (Wildman–Crippen LogP) is 2.08. The van der Waals surface area contributed by atoms with Crippen molar-refractivity contribution in [2.75, 3.05) is 13.1 Å². The maximum atomic E-state index is 4.41. The topological polar surface area (TPSA) is 37.8 Å². The molecule has 0 fully saturated rings. The van der Waals surface area contributed by atoms with Crippen molar-refractivity contribution >= 4 is 13.6 Å². The van der Waals surface area contributed by atoms with Crippen LogP contribution in [-0.4, -0.2) is 31.1 Å². The van der Waals surface area contributed by atoms with Crippen LogP contribution in [0.1, 0.15) is 17.8 Å². The Bertz CT molecular complexity index is 501. The van der Waals surface area contributed by atoms with E-state index in [0.29, 0.717) is 0 Å². The number of hydrogen-bond donors (Lipinski definition) is 1. The van der Waals surface area contributed by atoms with E-state index in [1.807, 2.05) is 12.4 Å². The van der Waals surface area contributed by atoms with Gasteiger partial charge in [0.2, 0.25) is 0 Å². The SMILES string of the molecule is C[Si](C)(C)C#Cc1cnc(C2=CCNCC2)nc1. The van der Waals surface area contributed by atoms with E-state index < -0.39 is 8.07 Å². The molecule has 0 unspecified atom stereocenters. The Kier molecular flexibility index (Phi) is 3.95. The Morgan fingerprint density at radius 1 is 1.22 bits per heavy atom. The molecule has 0 saturated heterocycles. The van der Waals surface area contributed by atoms with Crippen LogP contribution in [0, 0.1) is 11.5 Å². The van der Waals surface area contributed by atoms with Gasteiger partial charge in [-0.1, -0.05) is 31.6 Å². The summed E-state index contributed by atoms with van der Waals surface area (Å²) in [6.45, 7) is 8.61. The van der Waals surface area contributed by atoms with Gasteiger partial charge in [-0.3, -0.25) is 0 Å². The van der Waals surface area contributed by atoms with E-state index in [4.69, 9.17) is 0 Å². The Hall–Kier alpha value is -1.44. The van der Waals surface area contributed by atoms with Gasteiger partial charge in [0, 0.05) is 18.9 Å². The second-order valence-corrected chi connectivity index (χ2v) is 10.2. The maximum Gasteiger partial charge on any atom is 0.154 e. The van der Waals surface area contributed by atoms with Crippen LogP contribution in [0.4, 0.5) is 0 Å². The van der Waals surface area contributed by atoms with Crippen molar-refractivity contribution < 1.29 is 0 Å². The molecule has 0 bridgehead atoms. The summed E-state index contributed by atoms with van der Waals surface area (Å²) in [5.41, 5.74) is 5.47. The van der Waals surface area contributed by atoms with E-state index in [0.717, 1.165) is 30.9 Å².